The van der Waals surface area contributed by atoms with E-state index in [-0.39, 0.29) is 35.0 Å². The van der Waals surface area contributed by atoms with Crippen LogP contribution in [0.4, 0.5) is 0 Å². The summed E-state index contributed by atoms with van der Waals surface area (Å²) in [6, 6.07) is 8.02. The van der Waals surface area contributed by atoms with Crippen molar-refractivity contribution in [2.75, 3.05) is 0 Å². The van der Waals surface area contributed by atoms with Crippen LogP contribution in [0.2, 0.25) is 0 Å². The Morgan fingerprint density at radius 3 is 2.62 bits per heavy atom. The van der Waals surface area contributed by atoms with Gasteiger partial charge in [0.15, 0.2) is 0 Å². The number of ether oxygens (including phenoxy) is 2. The van der Waals surface area contributed by atoms with Crippen LogP contribution in [0, 0.1) is 0 Å². The van der Waals surface area contributed by atoms with Crippen molar-refractivity contribution in [3.8, 4) is 17.2 Å². The first-order chi connectivity index (χ1) is 16.3. The molecule has 0 saturated carbocycles. The molecule has 1 unspecified atom stereocenters. The van der Waals surface area contributed by atoms with Gasteiger partial charge < -0.3 is 19.7 Å². The van der Waals surface area contributed by atoms with E-state index in [1.54, 1.807) is 31.2 Å². The van der Waals surface area contributed by atoms with E-state index in [1.165, 1.54) is 12.1 Å². The van der Waals surface area contributed by atoms with Gasteiger partial charge >= 0.3 is 11.9 Å². The van der Waals surface area contributed by atoms with Gasteiger partial charge in [0.25, 0.3) is 0 Å². The highest BCUT2D eigenvalue weighted by atomic mass is 16.5. The Labute approximate surface area is 198 Å². The van der Waals surface area contributed by atoms with Gasteiger partial charge in [0.2, 0.25) is 0 Å². The minimum Gasteiger partial charge on any atom is -0.508 e. The fourth-order valence-electron chi connectivity index (χ4n) is 4.55. The molecule has 2 aliphatic rings. The molecule has 178 valence electrons. The van der Waals surface area contributed by atoms with Gasteiger partial charge in [0, 0.05) is 24.3 Å². The molecular formula is C27H28O7. The topological polar surface area (TPSA) is 110 Å². The smallest absolute Gasteiger partial charge is 0.342 e. The molecule has 2 aromatic rings. The van der Waals surface area contributed by atoms with Gasteiger partial charge in [0.05, 0.1) is 12.5 Å². The molecule has 0 bridgehead atoms. The first kappa shape index (κ1) is 23.5. The van der Waals surface area contributed by atoms with E-state index >= 15 is 0 Å². The molecule has 0 aliphatic carbocycles. The summed E-state index contributed by atoms with van der Waals surface area (Å²) in [5.41, 5.74) is 1.32. The first-order valence-electron chi connectivity index (χ1n) is 11.6. The second kappa shape index (κ2) is 10.1. The predicted molar refractivity (Wildman–Crippen MR) is 125 cm³/mol. The normalized spacial score (nSPS) is 22.6. The molecule has 7 nitrogen and oxygen atoms in total. The molecule has 2 atom stereocenters. The molecule has 2 heterocycles. The molecule has 0 amide bonds. The zero-order valence-electron chi connectivity index (χ0n) is 19.1. The van der Waals surface area contributed by atoms with Gasteiger partial charge in [-0.15, -0.1) is 0 Å². The molecule has 7 heteroatoms. The quantitative estimate of drug-likeness (QED) is 0.450. The van der Waals surface area contributed by atoms with Gasteiger partial charge in [-0.2, -0.15) is 0 Å². The highest BCUT2D eigenvalue weighted by molar-refractivity contribution is 5.98. The van der Waals surface area contributed by atoms with Crippen molar-refractivity contribution in [1.29, 1.82) is 0 Å². The van der Waals surface area contributed by atoms with E-state index in [1.807, 2.05) is 6.08 Å². The van der Waals surface area contributed by atoms with E-state index in [0.29, 0.717) is 55.2 Å². The fourth-order valence-corrected chi connectivity index (χ4v) is 4.55. The second-order valence-electron chi connectivity index (χ2n) is 8.87. The Morgan fingerprint density at radius 2 is 1.82 bits per heavy atom. The molecule has 4 rings (SSSR count). The van der Waals surface area contributed by atoms with Gasteiger partial charge in [-0.25, -0.2) is 4.79 Å². The number of benzene rings is 2. The van der Waals surface area contributed by atoms with Crippen molar-refractivity contribution in [1.82, 2.24) is 0 Å². The third kappa shape index (κ3) is 5.14. The van der Waals surface area contributed by atoms with Crippen molar-refractivity contribution in [3.63, 3.8) is 0 Å². The Balaban J connectivity index is 1.82. The minimum absolute atomic E-state index is 0.0121. The maximum Gasteiger partial charge on any atom is 0.342 e. The Morgan fingerprint density at radius 1 is 1.03 bits per heavy atom. The maximum absolute atomic E-state index is 13.2. The number of esters is 2. The van der Waals surface area contributed by atoms with Crippen LogP contribution in [0.15, 0.2) is 36.4 Å². The monoisotopic (exact) mass is 464 g/mol. The molecule has 2 aromatic carbocycles. The summed E-state index contributed by atoms with van der Waals surface area (Å²) >= 11 is 0. The summed E-state index contributed by atoms with van der Waals surface area (Å²) in [7, 11) is 0. The van der Waals surface area contributed by atoms with E-state index in [4.69, 9.17) is 9.47 Å². The van der Waals surface area contributed by atoms with Crippen molar-refractivity contribution in [3.05, 3.63) is 58.7 Å². The highest BCUT2D eigenvalue weighted by Crippen LogP contribution is 2.47. The van der Waals surface area contributed by atoms with Crippen LogP contribution in [0.25, 0.3) is 6.08 Å². The Hall–Kier alpha value is -3.61. The fraction of sp³-hybridized carbons (Fsp3) is 0.370. The summed E-state index contributed by atoms with van der Waals surface area (Å²) < 4.78 is 11.1. The van der Waals surface area contributed by atoms with E-state index in [9.17, 15) is 24.6 Å². The lowest BCUT2D eigenvalue weighted by molar-refractivity contribution is -0.135. The van der Waals surface area contributed by atoms with Crippen LogP contribution >= 0.6 is 0 Å². The molecule has 0 radical (unpaired) electrons. The maximum atomic E-state index is 13.2. The summed E-state index contributed by atoms with van der Waals surface area (Å²) in [5, 5.41) is 21.3. The number of carbonyl (C=O) groups excluding carboxylic acids is 3. The number of fused-ring (bicyclic) bond motifs is 2. The number of cyclic esters (lactones) is 1. The molecule has 0 spiro atoms. The number of phenols is 2. The largest absolute Gasteiger partial charge is 0.508 e. The van der Waals surface area contributed by atoms with Crippen LogP contribution in [0.5, 0.6) is 17.2 Å². The lowest BCUT2D eigenvalue weighted by Gasteiger charge is -2.27. The highest BCUT2D eigenvalue weighted by Gasteiger charge is 2.35. The average Bonchev–Trinajstić information content (AvgIpc) is 2.77. The summed E-state index contributed by atoms with van der Waals surface area (Å²) in [6.45, 7) is 1.76. The van der Waals surface area contributed by atoms with Gasteiger partial charge in [-0.05, 0) is 61.9 Å². The molecule has 0 aromatic heterocycles. The number of hydrogen-bond donors (Lipinski definition) is 2. The van der Waals surface area contributed by atoms with Crippen LogP contribution in [-0.2, 0) is 14.3 Å². The van der Waals surface area contributed by atoms with E-state index < -0.39 is 24.0 Å². The van der Waals surface area contributed by atoms with Crippen molar-refractivity contribution < 1.29 is 34.1 Å². The average molecular weight is 465 g/mol. The van der Waals surface area contributed by atoms with Crippen molar-refractivity contribution >= 4 is 23.8 Å². The number of allylic oxidation sites excluding steroid dienone is 1. The summed E-state index contributed by atoms with van der Waals surface area (Å²) in [6.07, 6.45) is 6.46. The summed E-state index contributed by atoms with van der Waals surface area (Å²) in [4.78, 5) is 37.6. The summed E-state index contributed by atoms with van der Waals surface area (Å²) in [5.74, 6) is -1.64. The lowest BCUT2D eigenvalue weighted by atomic mass is 9.83. The second-order valence-corrected chi connectivity index (χ2v) is 8.87. The van der Waals surface area contributed by atoms with Crippen molar-refractivity contribution in [2.24, 2.45) is 0 Å². The van der Waals surface area contributed by atoms with Crippen molar-refractivity contribution in [2.45, 2.75) is 63.9 Å². The molecule has 2 N–H and O–H groups in total. The Bertz CT molecular complexity index is 1150. The molecule has 2 aliphatic heterocycles. The molecule has 34 heavy (non-hydrogen) atoms. The number of rotatable bonds is 1. The zero-order valence-corrected chi connectivity index (χ0v) is 19.1. The van der Waals surface area contributed by atoms with Crippen LogP contribution < -0.4 is 4.74 Å². The number of phenolic OH excluding ortho intramolecular Hbond substituents is 2. The van der Waals surface area contributed by atoms with Gasteiger partial charge in [0.1, 0.15) is 28.6 Å². The predicted octanol–water partition coefficient (Wildman–Crippen LogP) is 5.02. The van der Waals surface area contributed by atoms with Crippen LogP contribution in [-0.4, -0.2) is 34.0 Å². The molecule has 0 saturated heterocycles. The standard InChI is InChI=1S/C27H28O7/c1-16-7-5-11-19(28)10-4-2-3-8-18-14-22-25(26(31)24(18)27(32)33-16)21(15-23(30)34-22)17-9-6-12-20(29)13-17/h3,6,8-9,12-14,16,21,29,31H,2,4-5,7,10-11,15H2,1H3/b8-3+/t16-,21?/m0/s1. The van der Waals surface area contributed by atoms with Crippen LogP contribution in [0.1, 0.15) is 84.8 Å². The zero-order chi connectivity index (χ0) is 24.2. The number of hydrogen-bond acceptors (Lipinski definition) is 7. The first-order valence-corrected chi connectivity index (χ1v) is 11.6. The van der Waals surface area contributed by atoms with Gasteiger partial charge in [-0.3, -0.25) is 9.59 Å². The van der Waals surface area contributed by atoms with Gasteiger partial charge in [-0.1, -0.05) is 24.3 Å². The third-order valence-corrected chi connectivity index (χ3v) is 6.25. The SMILES string of the molecule is C[C@H]1CCCC(=O)CCC/C=C/c2cc3c(c(O)c2C(=O)O1)C(c1cccc(O)c1)CC(=O)O3. The lowest BCUT2D eigenvalue weighted by Crippen LogP contribution is -2.23. The number of ketones is 1. The van der Waals surface area contributed by atoms with Crippen LogP contribution in [0.3, 0.4) is 0 Å². The molecular weight excluding hydrogens is 436 g/mol. The van der Waals surface area contributed by atoms with E-state index in [0.717, 1.165) is 0 Å². The molecule has 0 fully saturated rings. The number of aromatic hydroxyl groups is 2. The third-order valence-electron chi connectivity index (χ3n) is 6.25. The number of carbonyl (C=O) groups is 3. The number of Topliss-reactive ketones (excluding diaryl/α,β-unsaturated/α-hetero) is 1. The Kier molecular flexibility index (Phi) is 7.01. The van der Waals surface area contributed by atoms with E-state index in [2.05, 4.69) is 0 Å². The minimum atomic E-state index is -0.678.